The van der Waals surface area contributed by atoms with Crippen molar-refractivity contribution in [3.05, 3.63) is 24.6 Å². The molecule has 14 heavy (non-hydrogen) atoms. The summed E-state index contributed by atoms with van der Waals surface area (Å²) in [5.41, 5.74) is 1.29. The highest BCUT2D eigenvalue weighted by molar-refractivity contribution is 5.19. The first kappa shape index (κ1) is 10.9. The molecule has 1 nitrogen and oxygen atoms in total. The minimum absolute atomic E-state index is 0.359. The van der Waals surface area contributed by atoms with Crippen molar-refractivity contribution in [2.75, 3.05) is 7.05 Å². The van der Waals surface area contributed by atoms with Crippen LogP contribution in [0.25, 0.3) is 0 Å². The number of allylic oxidation sites excluding steroid dienone is 1. The van der Waals surface area contributed by atoms with Gasteiger partial charge >= 0.3 is 0 Å². The highest BCUT2D eigenvalue weighted by Crippen LogP contribution is 2.27. The molecule has 0 N–H and O–H groups in total. The van der Waals surface area contributed by atoms with Gasteiger partial charge in [0.2, 0.25) is 0 Å². The van der Waals surface area contributed by atoms with Crippen LogP contribution in [-0.2, 0) is 0 Å². The van der Waals surface area contributed by atoms with E-state index in [-0.39, 0.29) is 0 Å². The number of nitrogens with zero attached hydrogens (tertiary/aromatic N) is 1. The van der Waals surface area contributed by atoms with Crippen molar-refractivity contribution < 1.29 is 0 Å². The molecule has 1 rings (SSSR count). The summed E-state index contributed by atoms with van der Waals surface area (Å²) in [7, 11) is 1.98. The van der Waals surface area contributed by atoms with E-state index >= 15 is 0 Å². The van der Waals surface area contributed by atoms with Crippen molar-refractivity contribution in [3.63, 3.8) is 0 Å². The Morgan fingerprint density at radius 1 is 1.57 bits per heavy atom. The third-order valence-electron chi connectivity index (χ3n) is 2.46. The standard InChI is InChI=1S/C13H19N/c1-5-14(4)10-12(3)11(2)6-7-13-8-9-13/h5,10-11,13H,1,8-9H2,2-4H3/b12-10+. The smallest absolute Gasteiger partial charge is 0.0398 e. The molecule has 0 radical (unpaired) electrons. The van der Waals surface area contributed by atoms with E-state index in [2.05, 4.69) is 38.5 Å². The summed E-state index contributed by atoms with van der Waals surface area (Å²) in [6.45, 7) is 7.97. The predicted molar refractivity (Wildman–Crippen MR) is 61.4 cm³/mol. The third kappa shape index (κ3) is 3.70. The fraction of sp³-hybridized carbons (Fsp3) is 0.538. The molecular weight excluding hydrogens is 170 g/mol. The lowest BCUT2D eigenvalue weighted by atomic mass is 10.0. The number of hydrogen-bond acceptors (Lipinski definition) is 1. The van der Waals surface area contributed by atoms with Crippen LogP contribution < -0.4 is 0 Å². The van der Waals surface area contributed by atoms with Crippen LogP contribution in [0.2, 0.25) is 0 Å². The fourth-order valence-electron chi connectivity index (χ4n) is 1.07. The van der Waals surface area contributed by atoms with E-state index in [9.17, 15) is 0 Å². The summed E-state index contributed by atoms with van der Waals surface area (Å²) < 4.78 is 0. The first-order chi connectivity index (χ1) is 6.63. The van der Waals surface area contributed by atoms with Gasteiger partial charge in [-0.05, 0) is 38.5 Å². The minimum Gasteiger partial charge on any atom is -0.358 e. The molecule has 1 aliphatic carbocycles. The first-order valence-corrected chi connectivity index (χ1v) is 5.17. The van der Waals surface area contributed by atoms with Crippen LogP contribution in [0.5, 0.6) is 0 Å². The molecule has 0 aromatic heterocycles. The van der Waals surface area contributed by atoms with Crippen molar-refractivity contribution in [2.24, 2.45) is 11.8 Å². The molecule has 1 unspecified atom stereocenters. The Balaban J connectivity index is 2.50. The molecule has 1 heteroatoms. The Hall–Kier alpha value is -1.16. The van der Waals surface area contributed by atoms with E-state index in [0.717, 1.165) is 0 Å². The SMILES string of the molecule is C=CN(C)/C=C(\C)C(C)C#CC1CC1. The number of rotatable bonds is 3. The van der Waals surface area contributed by atoms with E-state index in [1.807, 2.05) is 11.9 Å². The van der Waals surface area contributed by atoms with Gasteiger partial charge in [0.25, 0.3) is 0 Å². The zero-order valence-electron chi connectivity index (χ0n) is 9.38. The van der Waals surface area contributed by atoms with Crippen molar-refractivity contribution in [1.29, 1.82) is 0 Å². The molecule has 0 aromatic rings. The summed E-state index contributed by atoms with van der Waals surface area (Å²) in [6, 6.07) is 0. The van der Waals surface area contributed by atoms with Gasteiger partial charge in [0.15, 0.2) is 0 Å². The summed E-state index contributed by atoms with van der Waals surface area (Å²) >= 11 is 0. The monoisotopic (exact) mass is 189 g/mol. The Morgan fingerprint density at radius 3 is 2.71 bits per heavy atom. The lowest BCUT2D eigenvalue weighted by Crippen LogP contribution is -2.03. The van der Waals surface area contributed by atoms with E-state index in [1.54, 1.807) is 6.20 Å². The largest absolute Gasteiger partial charge is 0.358 e. The Bertz CT molecular complexity index is 286. The van der Waals surface area contributed by atoms with Crippen molar-refractivity contribution in [3.8, 4) is 11.8 Å². The Morgan fingerprint density at radius 2 is 2.21 bits per heavy atom. The molecule has 1 atom stereocenters. The van der Waals surface area contributed by atoms with Gasteiger partial charge in [0.05, 0.1) is 0 Å². The summed E-state index contributed by atoms with van der Waals surface area (Å²) in [4.78, 5) is 1.96. The maximum Gasteiger partial charge on any atom is 0.0398 e. The van der Waals surface area contributed by atoms with E-state index in [4.69, 9.17) is 0 Å². The van der Waals surface area contributed by atoms with Gasteiger partial charge in [0, 0.05) is 25.1 Å². The average molecular weight is 189 g/mol. The molecule has 1 saturated carbocycles. The maximum absolute atomic E-state index is 3.70. The Kier molecular flexibility index (Phi) is 3.83. The van der Waals surface area contributed by atoms with E-state index in [1.165, 1.54) is 18.4 Å². The van der Waals surface area contributed by atoms with Crippen LogP contribution in [-0.4, -0.2) is 11.9 Å². The third-order valence-corrected chi connectivity index (χ3v) is 2.46. The molecule has 0 spiro atoms. The molecule has 0 bridgehead atoms. The van der Waals surface area contributed by atoms with Gasteiger partial charge in [-0.25, -0.2) is 0 Å². The van der Waals surface area contributed by atoms with E-state index in [0.29, 0.717) is 11.8 Å². The lowest BCUT2D eigenvalue weighted by Gasteiger charge is -2.11. The van der Waals surface area contributed by atoms with Crippen LogP contribution in [0.3, 0.4) is 0 Å². The molecule has 76 valence electrons. The van der Waals surface area contributed by atoms with Crippen molar-refractivity contribution in [2.45, 2.75) is 26.7 Å². The number of hydrogen-bond donors (Lipinski definition) is 0. The molecule has 0 saturated heterocycles. The molecule has 0 aliphatic heterocycles. The van der Waals surface area contributed by atoms with Gasteiger partial charge in [-0.15, -0.1) is 0 Å². The van der Waals surface area contributed by atoms with Crippen molar-refractivity contribution in [1.82, 2.24) is 4.90 Å². The van der Waals surface area contributed by atoms with Crippen LogP contribution in [0, 0.1) is 23.7 Å². The molecule has 0 amide bonds. The van der Waals surface area contributed by atoms with Gasteiger partial charge in [0.1, 0.15) is 0 Å². The van der Waals surface area contributed by atoms with Crippen LogP contribution in [0.1, 0.15) is 26.7 Å². The van der Waals surface area contributed by atoms with Crippen molar-refractivity contribution >= 4 is 0 Å². The summed E-state index contributed by atoms with van der Waals surface area (Å²) in [5.74, 6) is 7.64. The second-order valence-corrected chi connectivity index (χ2v) is 4.01. The minimum atomic E-state index is 0.359. The van der Waals surface area contributed by atoms with Gasteiger partial charge in [-0.2, -0.15) is 0 Å². The average Bonchev–Trinajstić information content (AvgIpc) is 2.97. The van der Waals surface area contributed by atoms with Crippen LogP contribution in [0.4, 0.5) is 0 Å². The molecular formula is C13H19N. The summed E-state index contributed by atoms with van der Waals surface area (Å²) in [5, 5.41) is 0. The van der Waals surface area contributed by atoms with Crippen LogP contribution in [0.15, 0.2) is 24.6 Å². The fourth-order valence-corrected chi connectivity index (χ4v) is 1.07. The molecule has 1 aliphatic rings. The maximum atomic E-state index is 3.70. The second kappa shape index (κ2) is 4.91. The van der Waals surface area contributed by atoms with E-state index < -0.39 is 0 Å². The van der Waals surface area contributed by atoms with Gasteiger partial charge in [-0.3, -0.25) is 0 Å². The normalized spacial score (nSPS) is 18.1. The quantitative estimate of drug-likeness (QED) is 0.617. The lowest BCUT2D eigenvalue weighted by molar-refractivity contribution is 0.612. The van der Waals surface area contributed by atoms with Gasteiger partial charge < -0.3 is 4.90 Å². The molecule has 0 aromatic carbocycles. The summed E-state index contributed by atoms with van der Waals surface area (Å²) in [6.07, 6.45) is 6.48. The van der Waals surface area contributed by atoms with Crippen LogP contribution >= 0.6 is 0 Å². The molecule has 1 fully saturated rings. The zero-order chi connectivity index (χ0) is 10.6. The highest BCUT2D eigenvalue weighted by Gasteiger charge is 2.17. The highest BCUT2D eigenvalue weighted by atomic mass is 15.0. The topological polar surface area (TPSA) is 3.24 Å². The second-order valence-electron chi connectivity index (χ2n) is 4.01. The zero-order valence-corrected chi connectivity index (χ0v) is 9.38. The Labute approximate surface area is 87.5 Å². The first-order valence-electron chi connectivity index (χ1n) is 5.17. The van der Waals surface area contributed by atoms with Gasteiger partial charge in [-0.1, -0.05) is 18.4 Å². The molecule has 0 heterocycles. The predicted octanol–water partition coefficient (Wildman–Crippen LogP) is 3.02.